The fraction of sp³-hybridized carbons (Fsp3) is 0.263. The first-order valence-electron chi connectivity index (χ1n) is 8.59. The molecule has 28 heavy (non-hydrogen) atoms. The van der Waals surface area contributed by atoms with Crippen LogP contribution in [0.15, 0.2) is 36.4 Å². The number of ether oxygens (including phenoxy) is 2. The maximum atomic E-state index is 12.6. The summed E-state index contributed by atoms with van der Waals surface area (Å²) in [6, 6.07) is 8.92. The molecule has 1 heterocycles. The van der Waals surface area contributed by atoms with E-state index in [-0.39, 0.29) is 22.8 Å². The molecule has 3 rings (SSSR count). The fourth-order valence-corrected chi connectivity index (χ4v) is 3.08. The summed E-state index contributed by atoms with van der Waals surface area (Å²) in [6.45, 7) is 0.0150. The van der Waals surface area contributed by atoms with Crippen LogP contribution in [0, 0.1) is 10.1 Å². The van der Waals surface area contributed by atoms with Crippen LogP contribution in [0.1, 0.15) is 22.3 Å². The predicted molar refractivity (Wildman–Crippen MR) is 101 cm³/mol. The number of nitrogens with two attached hydrogens (primary N) is 1. The van der Waals surface area contributed by atoms with Crippen LogP contribution in [-0.4, -0.2) is 37.1 Å². The van der Waals surface area contributed by atoms with Gasteiger partial charge in [0.25, 0.3) is 11.6 Å². The first kappa shape index (κ1) is 19.2. The number of esters is 1. The van der Waals surface area contributed by atoms with Gasteiger partial charge in [-0.05, 0) is 42.7 Å². The summed E-state index contributed by atoms with van der Waals surface area (Å²) in [4.78, 5) is 36.6. The average molecular weight is 385 g/mol. The summed E-state index contributed by atoms with van der Waals surface area (Å²) in [5.74, 6) is -0.564. The van der Waals surface area contributed by atoms with Crippen molar-refractivity contribution in [3.05, 3.63) is 57.6 Å². The molecule has 146 valence electrons. The first-order chi connectivity index (χ1) is 13.4. The predicted octanol–water partition coefficient (Wildman–Crippen LogP) is 2.32. The van der Waals surface area contributed by atoms with Crippen LogP contribution in [0.3, 0.4) is 0 Å². The van der Waals surface area contributed by atoms with Gasteiger partial charge in [0.15, 0.2) is 6.61 Å². The number of nitro groups is 1. The molecule has 0 spiro atoms. The summed E-state index contributed by atoms with van der Waals surface area (Å²) >= 11 is 0. The molecule has 9 nitrogen and oxygen atoms in total. The number of hydrogen-bond donors (Lipinski definition) is 1. The minimum atomic E-state index is -0.887. The number of nitrogens with zero attached hydrogens (tertiary/aromatic N) is 2. The lowest BCUT2D eigenvalue weighted by atomic mass is 10.0. The molecule has 2 aromatic rings. The molecule has 1 amide bonds. The van der Waals surface area contributed by atoms with Crippen molar-refractivity contribution in [2.24, 2.45) is 0 Å². The highest BCUT2D eigenvalue weighted by molar-refractivity contribution is 6.00. The monoisotopic (exact) mass is 385 g/mol. The van der Waals surface area contributed by atoms with Crippen molar-refractivity contribution in [2.75, 3.05) is 30.9 Å². The Morgan fingerprint density at radius 1 is 1.25 bits per heavy atom. The third kappa shape index (κ3) is 3.88. The van der Waals surface area contributed by atoms with E-state index in [9.17, 15) is 19.7 Å². The third-order valence-corrected chi connectivity index (χ3v) is 4.50. The number of anilines is 2. The second kappa shape index (κ2) is 7.95. The molecule has 0 atom stereocenters. The number of amides is 1. The zero-order valence-corrected chi connectivity index (χ0v) is 15.2. The lowest BCUT2D eigenvalue weighted by molar-refractivity contribution is -0.384. The van der Waals surface area contributed by atoms with Gasteiger partial charge >= 0.3 is 5.97 Å². The highest BCUT2D eigenvalue weighted by Gasteiger charge is 2.25. The molecule has 0 bridgehead atoms. The molecular formula is C19H19N3O6. The van der Waals surface area contributed by atoms with Gasteiger partial charge in [0.05, 0.1) is 17.6 Å². The first-order valence-corrected chi connectivity index (χ1v) is 8.59. The van der Waals surface area contributed by atoms with E-state index in [1.165, 1.54) is 12.1 Å². The zero-order chi connectivity index (χ0) is 20.3. The van der Waals surface area contributed by atoms with E-state index in [1.54, 1.807) is 24.1 Å². The molecule has 0 fully saturated rings. The summed E-state index contributed by atoms with van der Waals surface area (Å²) in [5, 5.41) is 10.9. The minimum Gasteiger partial charge on any atom is -0.497 e. The number of benzene rings is 2. The summed E-state index contributed by atoms with van der Waals surface area (Å²) in [6.07, 6.45) is 1.60. The second-order valence-corrected chi connectivity index (χ2v) is 6.25. The molecule has 0 saturated heterocycles. The lowest BCUT2D eigenvalue weighted by Gasteiger charge is -2.29. The van der Waals surface area contributed by atoms with E-state index in [1.807, 2.05) is 6.07 Å². The maximum Gasteiger partial charge on any atom is 0.341 e. The van der Waals surface area contributed by atoms with E-state index in [0.717, 1.165) is 30.2 Å². The van der Waals surface area contributed by atoms with Gasteiger partial charge in [-0.2, -0.15) is 0 Å². The van der Waals surface area contributed by atoms with Gasteiger partial charge in [0, 0.05) is 30.1 Å². The molecule has 1 aliphatic heterocycles. The summed E-state index contributed by atoms with van der Waals surface area (Å²) in [7, 11) is 1.58. The standard InChI is InChI=1S/C19H19N3O6/c1-27-14-5-7-17-12(9-14)3-2-8-21(17)18(23)11-28-19(24)15-10-13(22(25)26)4-6-16(15)20/h4-7,9-10H,2-3,8,11,20H2,1H3. The van der Waals surface area contributed by atoms with Crippen LogP contribution in [0.5, 0.6) is 5.75 Å². The zero-order valence-electron chi connectivity index (χ0n) is 15.2. The molecule has 9 heteroatoms. The van der Waals surface area contributed by atoms with Crippen molar-refractivity contribution in [2.45, 2.75) is 12.8 Å². The van der Waals surface area contributed by atoms with E-state index < -0.39 is 17.5 Å². The molecule has 2 N–H and O–H groups in total. The molecule has 1 aliphatic rings. The normalized spacial score (nSPS) is 12.8. The number of carbonyl (C=O) groups excluding carboxylic acids is 2. The van der Waals surface area contributed by atoms with Crippen LogP contribution >= 0.6 is 0 Å². The third-order valence-electron chi connectivity index (χ3n) is 4.50. The van der Waals surface area contributed by atoms with Gasteiger partial charge in [-0.1, -0.05) is 0 Å². The number of rotatable bonds is 5. The van der Waals surface area contributed by atoms with Crippen molar-refractivity contribution in [1.82, 2.24) is 0 Å². The Bertz CT molecular complexity index is 943. The van der Waals surface area contributed by atoms with Crippen LogP contribution in [0.25, 0.3) is 0 Å². The number of hydrogen-bond acceptors (Lipinski definition) is 7. The van der Waals surface area contributed by atoms with Crippen molar-refractivity contribution in [1.29, 1.82) is 0 Å². The van der Waals surface area contributed by atoms with Gasteiger partial charge < -0.3 is 20.1 Å². The number of methoxy groups -OCH3 is 1. The Kier molecular flexibility index (Phi) is 5.44. The van der Waals surface area contributed by atoms with Gasteiger partial charge in [0.2, 0.25) is 0 Å². The Hall–Kier alpha value is -3.62. The second-order valence-electron chi connectivity index (χ2n) is 6.25. The van der Waals surface area contributed by atoms with Crippen LogP contribution in [-0.2, 0) is 16.0 Å². The molecule has 0 saturated carbocycles. The summed E-state index contributed by atoms with van der Waals surface area (Å²) in [5.41, 5.74) is 7.04. The van der Waals surface area contributed by atoms with Crippen molar-refractivity contribution < 1.29 is 24.0 Å². The Morgan fingerprint density at radius 2 is 2.04 bits per heavy atom. The lowest BCUT2D eigenvalue weighted by Crippen LogP contribution is -2.38. The molecule has 0 aromatic heterocycles. The molecule has 0 unspecified atom stereocenters. The Morgan fingerprint density at radius 3 is 2.75 bits per heavy atom. The van der Waals surface area contributed by atoms with Crippen molar-refractivity contribution in [3.8, 4) is 5.75 Å². The number of nitro benzene ring substituents is 1. The van der Waals surface area contributed by atoms with Crippen molar-refractivity contribution in [3.63, 3.8) is 0 Å². The average Bonchev–Trinajstić information content (AvgIpc) is 2.70. The number of aryl methyl sites for hydroxylation is 1. The largest absolute Gasteiger partial charge is 0.497 e. The summed E-state index contributed by atoms with van der Waals surface area (Å²) < 4.78 is 10.3. The van der Waals surface area contributed by atoms with Gasteiger partial charge in [-0.25, -0.2) is 4.79 Å². The highest BCUT2D eigenvalue weighted by atomic mass is 16.6. The quantitative estimate of drug-likeness (QED) is 0.362. The molecular weight excluding hydrogens is 366 g/mol. The number of fused-ring (bicyclic) bond motifs is 1. The van der Waals surface area contributed by atoms with E-state index in [4.69, 9.17) is 15.2 Å². The number of carbonyl (C=O) groups is 2. The topological polar surface area (TPSA) is 125 Å². The van der Waals surface area contributed by atoms with Crippen LogP contribution < -0.4 is 15.4 Å². The van der Waals surface area contributed by atoms with Crippen LogP contribution in [0.2, 0.25) is 0 Å². The van der Waals surface area contributed by atoms with E-state index in [2.05, 4.69) is 0 Å². The minimum absolute atomic E-state index is 0.0402. The van der Waals surface area contributed by atoms with Crippen molar-refractivity contribution >= 4 is 28.9 Å². The van der Waals surface area contributed by atoms with Gasteiger partial charge in [-0.15, -0.1) is 0 Å². The number of nitrogen functional groups attached to an aromatic ring is 1. The molecule has 2 aromatic carbocycles. The van der Waals surface area contributed by atoms with Crippen LogP contribution in [0.4, 0.5) is 17.1 Å². The SMILES string of the molecule is COc1ccc2c(c1)CCCN2C(=O)COC(=O)c1cc([N+](=O)[O-])ccc1N. The van der Waals surface area contributed by atoms with E-state index >= 15 is 0 Å². The Balaban J connectivity index is 1.71. The molecule has 0 radical (unpaired) electrons. The Labute approximate surface area is 160 Å². The smallest absolute Gasteiger partial charge is 0.341 e. The van der Waals surface area contributed by atoms with Gasteiger partial charge in [0.1, 0.15) is 5.75 Å². The van der Waals surface area contributed by atoms with E-state index in [0.29, 0.717) is 12.3 Å². The molecule has 0 aliphatic carbocycles. The fourth-order valence-electron chi connectivity index (χ4n) is 3.08. The maximum absolute atomic E-state index is 12.6. The highest BCUT2D eigenvalue weighted by Crippen LogP contribution is 2.30. The number of non-ortho nitro benzene ring substituents is 1. The van der Waals surface area contributed by atoms with Gasteiger partial charge in [-0.3, -0.25) is 14.9 Å².